The van der Waals surface area contributed by atoms with Crippen molar-refractivity contribution in [2.45, 2.75) is 32.2 Å². The third-order valence-corrected chi connectivity index (χ3v) is 5.27. The van der Waals surface area contributed by atoms with Crippen molar-refractivity contribution >= 4 is 29.2 Å². The third-order valence-electron chi connectivity index (χ3n) is 5.27. The van der Waals surface area contributed by atoms with Gasteiger partial charge in [0.15, 0.2) is 6.61 Å². The van der Waals surface area contributed by atoms with Gasteiger partial charge in [-0.1, -0.05) is 24.3 Å². The maximum absolute atomic E-state index is 12.7. The molecule has 1 fully saturated rings. The van der Waals surface area contributed by atoms with Crippen LogP contribution in [0.4, 0.5) is 11.4 Å². The first-order valence-electron chi connectivity index (χ1n) is 9.52. The molecule has 0 radical (unpaired) electrons. The Morgan fingerprint density at radius 3 is 2.75 bits per heavy atom. The lowest BCUT2D eigenvalue weighted by molar-refractivity contribution is -0.122. The van der Waals surface area contributed by atoms with Gasteiger partial charge in [0, 0.05) is 30.4 Å². The van der Waals surface area contributed by atoms with Gasteiger partial charge >= 0.3 is 5.97 Å². The lowest BCUT2D eigenvalue weighted by atomic mass is 10.1. The summed E-state index contributed by atoms with van der Waals surface area (Å²) >= 11 is 0. The molecule has 0 bridgehead atoms. The van der Waals surface area contributed by atoms with Crippen LogP contribution in [0.2, 0.25) is 0 Å². The minimum atomic E-state index is -0.568. The van der Waals surface area contributed by atoms with Crippen LogP contribution in [0, 0.1) is 0 Å². The molecule has 28 heavy (non-hydrogen) atoms. The number of para-hydroxylation sites is 1. The van der Waals surface area contributed by atoms with Crippen LogP contribution in [0.1, 0.15) is 35.7 Å². The first-order valence-corrected chi connectivity index (χ1v) is 9.52. The molecule has 144 valence electrons. The van der Waals surface area contributed by atoms with Gasteiger partial charge in [-0.2, -0.15) is 0 Å². The fourth-order valence-corrected chi connectivity index (χ4v) is 3.95. The van der Waals surface area contributed by atoms with Gasteiger partial charge in [0.1, 0.15) is 0 Å². The van der Waals surface area contributed by atoms with Crippen molar-refractivity contribution in [3.05, 3.63) is 59.7 Å². The highest BCUT2D eigenvalue weighted by Gasteiger charge is 2.31. The Hall–Kier alpha value is -3.15. The van der Waals surface area contributed by atoms with Crippen LogP contribution in [-0.2, 0) is 20.7 Å². The van der Waals surface area contributed by atoms with Crippen LogP contribution in [0.3, 0.4) is 0 Å². The van der Waals surface area contributed by atoms with E-state index in [4.69, 9.17) is 4.74 Å². The number of amides is 2. The molecule has 2 aromatic carbocycles. The van der Waals surface area contributed by atoms with Crippen LogP contribution in [-0.4, -0.2) is 37.0 Å². The van der Waals surface area contributed by atoms with Gasteiger partial charge in [-0.05, 0) is 49.6 Å². The van der Waals surface area contributed by atoms with Gasteiger partial charge < -0.3 is 14.5 Å². The SMILES string of the molecule is C[C@@H]1Cc2ccccc2N1C(=O)COC(=O)c1cccc(N2CCCC2=O)c1. The zero-order valence-corrected chi connectivity index (χ0v) is 15.8. The smallest absolute Gasteiger partial charge is 0.338 e. The minimum Gasteiger partial charge on any atom is -0.452 e. The number of benzene rings is 2. The number of hydrogen-bond donors (Lipinski definition) is 0. The number of hydrogen-bond acceptors (Lipinski definition) is 4. The Bertz CT molecular complexity index is 940. The molecular formula is C22H22N2O4. The molecule has 4 rings (SSSR count). The van der Waals surface area contributed by atoms with E-state index in [1.165, 1.54) is 0 Å². The maximum atomic E-state index is 12.7. The van der Waals surface area contributed by atoms with E-state index >= 15 is 0 Å². The van der Waals surface area contributed by atoms with Gasteiger partial charge in [0.2, 0.25) is 5.91 Å². The molecule has 6 nitrogen and oxygen atoms in total. The van der Waals surface area contributed by atoms with Crippen molar-refractivity contribution in [1.82, 2.24) is 0 Å². The highest BCUT2D eigenvalue weighted by molar-refractivity contribution is 6.00. The summed E-state index contributed by atoms with van der Waals surface area (Å²) in [6.45, 7) is 2.32. The molecule has 6 heteroatoms. The molecule has 0 saturated carbocycles. The van der Waals surface area contributed by atoms with Crippen LogP contribution in [0.15, 0.2) is 48.5 Å². The molecule has 1 saturated heterocycles. The molecular weight excluding hydrogens is 356 g/mol. The predicted molar refractivity (Wildman–Crippen MR) is 105 cm³/mol. The Morgan fingerprint density at radius 1 is 1.14 bits per heavy atom. The Labute approximate surface area is 163 Å². The molecule has 0 spiro atoms. The Morgan fingerprint density at radius 2 is 1.96 bits per heavy atom. The number of fused-ring (bicyclic) bond motifs is 1. The van der Waals surface area contributed by atoms with Crippen LogP contribution >= 0.6 is 0 Å². The van der Waals surface area contributed by atoms with Gasteiger partial charge in [0.25, 0.3) is 5.91 Å². The number of carbonyl (C=O) groups excluding carboxylic acids is 3. The van der Waals surface area contributed by atoms with Crippen molar-refractivity contribution < 1.29 is 19.1 Å². The van der Waals surface area contributed by atoms with Crippen molar-refractivity contribution in [2.24, 2.45) is 0 Å². The average Bonchev–Trinajstić information content (AvgIpc) is 3.28. The normalized spacial score (nSPS) is 18.3. The largest absolute Gasteiger partial charge is 0.452 e. The number of rotatable bonds is 4. The second kappa shape index (κ2) is 7.46. The van der Waals surface area contributed by atoms with E-state index in [9.17, 15) is 14.4 Å². The fraction of sp³-hybridized carbons (Fsp3) is 0.318. The molecule has 2 heterocycles. The molecule has 0 aromatic heterocycles. The topological polar surface area (TPSA) is 66.9 Å². The third kappa shape index (κ3) is 3.38. The lowest BCUT2D eigenvalue weighted by Gasteiger charge is -2.22. The second-order valence-electron chi connectivity index (χ2n) is 7.22. The minimum absolute atomic E-state index is 0.0353. The number of esters is 1. The summed E-state index contributed by atoms with van der Waals surface area (Å²) in [4.78, 5) is 40.4. The molecule has 0 N–H and O–H groups in total. The summed E-state index contributed by atoms with van der Waals surface area (Å²) in [5.74, 6) is -0.749. The lowest BCUT2D eigenvalue weighted by Crippen LogP contribution is -2.38. The molecule has 1 atom stereocenters. The molecule has 0 aliphatic carbocycles. The van der Waals surface area contributed by atoms with Crippen LogP contribution in [0.5, 0.6) is 0 Å². The van der Waals surface area contributed by atoms with Crippen molar-refractivity contribution in [3.63, 3.8) is 0 Å². The molecule has 2 amide bonds. The highest BCUT2D eigenvalue weighted by atomic mass is 16.5. The fourth-order valence-electron chi connectivity index (χ4n) is 3.95. The van der Waals surface area contributed by atoms with Crippen molar-refractivity contribution in [2.75, 3.05) is 23.0 Å². The summed E-state index contributed by atoms with van der Waals surface area (Å²) < 4.78 is 5.28. The van der Waals surface area contributed by atoms with Crippen molar-refractivity contribution in [3.8, 4) is 0 Å². The van der Waals surface area contributed by atoms with E-state index in [2.05, 4.69) is 0 Å². The summed E-state index contributed by atoms with van der Waals surface area (Å²) in [5, 5.41) is 0. The monoisotopic (exact) mass is 378 g/mol. The second-order valence-corrected chi connectivity index (χ2v) is 7.22. The van der Waals surface area contributed by atoms with Gasteiger partial charge in [0.05, 0.1) is 5.56 Å². The van der Waals surface area contributed by atoms with E-state index in [0.29, 0.717) is 24.2 Å². The van der Waals surface area contributed by atoms with Gasteiger partial charge in [-0.25, -0.2) is 4.79 Å². The first kappa shape index (κ1) is 18.2. The molecule has 2 aromatic rings. The Kier molecular flexibility index (Phi) is 4.86. The van der Waals surface area contributed by atoms with Crippen LogP contribution < -0.4 is 9.80 Å². The van der Waals surface area contributed by atoms with E-state index < -0.39 is 5.97 Å². The zero-order chi connectivity index (χ0) is 19.7. The number of ether oxygens (including phenoxy) is 1. The zero-order valence-electron chi connectivity index (χ0n) is 15.8. The highest BCUT2D eigenvalue weighted by Crippen LogP contribution is 2.31. The van der Waals surface area contributed by atoms with Crippen molar-refractivity contribution in [1.29, 1.82) is 0 Å². The van der Waals surface area contributed by atoms with E-state index in [0.717, 1.165) is 24.1 Å². The molecule has 2 aliphatic heterocycles. The van der Waals surface area contributed by atoms with E-state index in [-0.39, 0.29) is 24.5 Å². The Balaban J connectivity index is 1.42. The first-order chi connectivity index (χ1) is 13.5. The van der Waals surface area contributed by atoms with E-state index in [1.54, 1.807) is 34.1 Å². The summed E-state index contributed by atoms with van der Waals surface area (Å²) in [5.41, 5.74) is 3.02. The summed E-state index contributed by atoms with van der Waals surface area (Å²) in [7, 11) is 0. The molecule has 0 unspecified atom stereocenters. The van der Waals surface area contributed by atoms with E-state index in [1.807, 2.05) is 31.2 Å². The summed E-state index contributed by atoms with van der Waals surface area (Å²) in [6, 6.07) is 14.6. The van der Waals surface area contributed by atoms with Crippen LogP contribution in [0.25, 0.3) is 0 Å². The summed E-state index contributed by atoms with van der Waals surface area (Å²) in [6.07, 6.45) is 2.14. The predicted octanol–water partition coefficient (Wildman–Crippen LogP) is 2.95. The maximum Gasteiger partial charge on any atom is 0.338 e. The van der Waals surface area contributed by atoms with Gasteiger partial charge in [-0.15, -0.1) is 0 Å². The average molecular weight is 378 g/mol. The molecule has 2 aliphatic rings. The number of anilines is 2. The number of nitrogens with zero attached hydrogens (tertiary/aromatic N) is 2. The van der Waals surface area contributed by atoms with Gasteiger partial charge in [-0.3, -0.25) is 9.59 Å². The standard InChI is InChI=1S/C22H22N2O4/c1-15-12-16-6-2-3-9-19(16)24(15)21(26)14-28-22(27)17-7-4-8-18(13-17)23-11-5-10-20(23)25/h2-4,6-9,13,15H,5,10-12,14H2,1H3/t15-/m1/s1. The number of carbonyl (C=O) groups is 3. The quantitative estimate of drug-likeness (QED) is 0.767.